The lowest BCUT2D eigenvalue weighted by molar-refractivity contribution is 0.0706. The zero-order valence-electron chi connectivity index (χ0n) is 16.6. The zero-order valence-corrected chi connectivity index (χ0v) is 16.6. The lowest BCUT2D eigenvalue weighted by Gasteiger charge is -2.19. The predicted molar refractivity (Wildman–Crippen MR) is 112 cm³/mol. The van der Waals surface area contributed by atoms with Crippen molar-refractivity contribution in [3.8, 4) is 0 Å². The number of hydrogen-bond donors (Lipinski definition) is 2. The van der Waals surface area contributed by atoms with Crippen LogP contribution in [0, 0.1) is 5.41 Å². The number of nitrogens with zero attached hydrogens (tertiary/aromatic N) is 2. The first-order valence-electron chi connectivity index (χ1n) is 9.56. The fourth-order valence-electron chi connectivity index (χ4n) is 2.99. The van der Waals surface area contributed by atoms with Crippen LogP contribution in [0.3, 0.4) is 0 Å². The lowest BCUT2D eigenvalue weighted by atomic mass is 9.86. The van der Waals surface area contributed by atoms with Crippen LogP contribution in [0.4, 0.5) is 0 Å². The van der Waals surface area contributed by atoms with Gasteiger partial charge in [0, 0.05) is 29.9 Å². The number of rotatable bonds is 7. The fraction of sp³-hybridized carbons (Fsp3) is 0.304. The quantitative estimate of drug-likeness (QED) is 0.447. The number of allylic oxidation sites excluding steroid dienone is 1. The highest BCUT2D eigenvalue weighted by Gasteiger charge is 2.12. The molecular formula is C23H27N3O2. The van der Waals surface area contributed by atoms with E-state index in [0.717, 1.165) is 35.0 Å². The smallest absolute Gasteiger partial charge is 0.274 e. The molecule has 3 aromatic rings. The molecule has 28 heavy (non-hydrogen) atoms. The Morgan fingerprint density at radius 3 is 2.68 bits per heavy atom. The Hall–Kier alpha value is -2.92. The summed E-state index contributed by atoms with van der Waals surface area (Å²) in [6.07, 6.45) is 10.5. The Balaban J connectivity index is 1.74. The summed E-state index contributed by atoms with van der Waals surface area (Å²) in [6, 6.07) is 11.4. The minimum atomic E-state index is -0.512. The van der Waals surface area contributed by atoms with Gasteiger partial charge in [0.15, 0.2) is 0 Å². The van der Waals surface area contributed by atoms with E-state index in [0.29, 0.717) is 17.5 Å². The average molecular weight is 377 g/mol. The fourth-order valence-corrected chi connectivity index (χ4v) is 2.99. The van der Waals surface area contributed by atoms with Crippen molar-refractivity contribution in [3.63, 3.8) is 0 Å². The number of pyridine rings is 1. The van der Waals surface area contributed by atoms with Crippen molar-refractivity contribution in [1.29, 1.82) is 0 Å². The summed E-state index contributed by atoms with van der Waals surface area (Å²) in [5.41, 5.74) is 5.48. The summed E-state index contributed by atoms with van der Waals surface area (Å²) >= 11 is 0. The topological polar surface area (TPSA) is 67.2 Å². The highest BCUT2D eigenvalue weighted by molar-refractivity contribution is 5.93. The third kappa shape index (κ3) is 4.67. The van der Waals surface area contributed by atoms with Crippen molar-refractivity contribution < 1.29 is 10.0 Å². The molecule has 0 radical (unpaired) electrons. The number of nitrogens with one attached hydrogen (secondary N) is 1. The Morgan fingerprint density at radius 1 is 1.25 bits per heavy atom. The Labute approximate surface area is 165 Å². The maximum absolute atomic E-state index is 11.4. The van der Waals surface area contributed by atoms with Crippen molar-refractivity contribution in [2.24, 2.45) is 5.41 Å². The van der Waals surface area contributed by atoms with Gasteiger partial charge in [-0.15, -0.1) is 0 Å². The molecule has 0 atom stereocenters. The number of hydrogen-bond acceptors (Lipinski definition) is 3. The summed E-state index contributed by atoms with van der Waals surface area (Å²) in [5.74, 6) is -0.512. The second-order valence-corrected chi connectivity index (χ2v) is 7.89. The molecule has 0 fully saturated rings. The van der Waals surface area contributed by atoms with Crippen LogP contribution in [0.2, 0.25) is 0 Å². The molecule has 0 aliphatic rings. The van der Waals surface area contributed by atoms with Crippen molar-refractivity contribution in [2.75, 3.05) is 0 Å². The Morgan fingerprint density at radius 2 is 2.00 bits per heavy atom. The van der Waals surface area contributed by atoms with Crippen LogP contribution in [0.5, 0.6) is 0 Å². The van der Waals surface area contributed by atoms with E-state index in [2.05, 4.69) is 54.6 Å². The summed E-state index contributed by atoms with van der Waals surface area (Å²) in [4.78, 5) is 16.1. The van der Waals surface area contributed by atoms with Crippen molar-refractivity contribution >= 4 is 23.0 Å². The van der Waals surface area contributed by atoms with Crippen LogP contribution in [0.25, 0.3) is 17.1 Å². The highest BCUT2D eigenvalue weighted by Crippen LogP contribution is 2.25. The first kappa shape index (κ1) is 19.8. The van der Waals surface area contributed by atoms with E-state index >= 15 is 0 Å². The molecule has 2 aromatic heterocycles. The Kier molecular flexibility index (Phi) is 5.95. The van der Waals surface area contributed by atoms with Crippen molar-refractivity contribution in [1.82, 2.24) is 15.0 Å². The third-order valence-electron chi connectivity index (χ3n) is 5.23. The lowest BCUT2D eigenvalue weighted by Crippen LogP contribution is -2.18. The van der Waals surface area contributed by atoms with Gasteiger partial charge in [-0.1, -0.05) is 51.5 Å². The van der Waals surface area contributed by atoms with Crippen molar-refractivity contribution in [2.45, 2.75) is 40.2 Å². The number of hydroxylamine groups is 1. The van der Waals surface area contributed by atoms with Crippen molar-refractivity contribution in [3.05, 3.63) is 71.6 Å². The van der Waals surface area contributed by atoms with Gasteiger partial charge in [0.2, 0.25) is 0 Å². The molecule has 0 bridgehead atoms. The standard InChI is InChI=1S/C23H27N3O2/c1-4-23(2,3)12-5-6-18-14-20-11-13-26(21(20)24-15-18)16-17-7-9-19(10-8-17)22(27)25-28/h5-11,13-15,28H,4,12,16H2,1-3H3,(H,25,27)/b6-5+. The molecule has 1 aromatic carbocycles. The molecule has 0 unspecified atom stereocenters. The summed E-state index contributed by atoms with van der Waals surface area (Å²) in [7, 11) is 0. The molecule has 0 aliphatic heterocycles. The molecular weight excluding hydrogens is 350 g/mol. The number of carbonyl (C=O) groups excluding carboxylic acids is 1. The molecule has 5 nitrogen and oxygen atoms in total. The second kappa shape index (κ2) is 8.40. The molecule has 2 N–H and O–H groups in total. The first-order valence-corrected chi connectivity index (χ1v) is 9.56. The molecule has 0 saturated heterocycles. The van der Waals surface area contributed by atoms with E-state index in [1.807, 2.05) is 24.5 Å². The van der Waals surface area contributed by atoms with Gasteiger partial charge in [0.25, 0.3) is 5.91 Å². The molecule has 146 valence electrons. The van der Waals surface area contributed by atoms with E-state index in [-0.39, 0.29) is 0 Å². The maximum Gasteiger partial charge on any atom is 0.274 e. The largest absolute Gasteiger partial charge is 0.328 e. The monoisotopic (exact) mass is 377 g/mol. The normalized spacial score (nSPS) is 12.0. The van der Waals surface area contributed by atoms with Crippen LogP contribution in [-0.4, -0.2) is 20.7 Å². The molecule has 0 saturated carbocycles. The highest BCUT2D eigenvalue weighted by atomic mass is 16.5. The van der Waals surface area contributed by atoms with Gasteiger partial charge < -0.3 is 4.57 Å². The number of aromatic nitrogens is 2. The van der Waals surface area contributed by atoms with Gasteiger partial charge >= 0.3 is 0 Å². The van der Waals surface area contributed by atoms with Gasteiger partial charge in [-0.3, -0.25) is 10.0 Å². The average Bonchev–Trinajstić information content (AvgIpc) is 3.10. The summed E-state index contributed by atoms with van der Waals surface area (Å²) < 4.78 is 2.09. The van der Waals surface area contributed by atoms with Gasteiger partial charge in [-0.25, -0.2) is 10.5 Å². The first-order chi connectivity index (χ1) is 13.4. The van der Waals surface area contributed by atoms with Crippen LogP contribution < -0.4 is 5.48 Å². The number of carbonyl (C=O) groups is 1. The molecule has 0 aliphatic carbocycles. The van der Waals surface area contributed by atoms with E-state index in [1.165, 1.54) is 0 Å². The van der Waals surface area contributed by atoms with E-state index in [9.17, 15) is 4.79 Å². The minimum Gasteiger partial charge on any atom is -0.328 e. The van der Waals surface area contributed by atoms with Gasteiger partial charge in [0.05, 0.1) is 0 Å². The molecule has 0 spiro atoms. The van der Waals surface area contributed by atoms with Crippen LogP contribution in [-0.2, 0) is 6.54 Å². The Bertz CT molecular complexity index is 985. The van der Waals surface area contributed by atoms with E-state index in [1.54, 1.807) is 17.6 Å². The van der Waals surface area contributed by atoms with Crippen LogP contribution in [0.1, 0.15) is 55.1 Å². The number of amides is 1. The number of fused-ring (bicyclic) bond motifs is 1. The SMILES string of the molecule is CCC(C)(C)C/C=C/c1cnc2c(ccn2Cc2ccc(C(=O)NO)cc2)c1. The van der Waals surface area contributed by atoms with Gasteiger partial charge in [0.1, 0.15) is 5.65 Å². The van der Waals surface area contributed by atoms with Crippen LogP contribution in [0.15, 0.2) is 54.9 Å². The molecule has 2 heterocycles. The van der Waals surface area contributed by atoms with Gasteiger partial charge in [-0.2, -0.15) is 0 Å². The molecule has 1 amide bonds. The summed E-state index contributed by atoms with van der Waals surface area (Å²) in [6.45, 7) is 7.44. The van der Waals surface area contributed by atoms with Crippen LogP contribution >= 0.6 is 0 Å². The predicted octanol–water partition coefficient (Wildman–Crippen LogP) is 5.04. The molecule has 5 heteroatoms. The van der Waals surface area contributed by atoms with E-state index in [4.69, 9.17) is 5.21 Å². The third-order valence-corrected chi connectivity index (χ3v) is 5.23. The molecule has 3 rings (SSSR count). The maximum atomic E-state index is 11.4. The van der Waals surface area contributed by atoms with E-state index < -0.39 is 5.91 Å². The summed E-state index contributed by atoms with van der Waals surface area (Å²) in [5, 5.41) is 9.80. The zero-order chi connectivity index (χ0) is 20.1. The second-order valence-electron chi connectivity index (χ2n) is 7.89. The van der Waals surface area contributed by atoms with Gasteiger partial charge in [-0.05, 0) is 47.2 Å². The number of benzene rings is 1. The minimum absolute atomic E-state index is 0.324.